The second kappa shape index (κ2) is 4.44. The van der Waals surface area contributed by atoms with Crippen LogP contribution in [0.25, 0.3) is 20.8 Å². The molecule has 0 aliphatic carbocycles. The Hall–Kier alpha value is -1.71. The summed E-state index contributed by atoms with van der Waals surface area (Å²) in [7, 11) is 0. The van der Waals surface area contributed by atoms with Crippen molar-refractivity contribution in [2.45, 2.75) is 13.0 Å². The Balaban J connectivity index is 1.83. The van der Waals surface area contributed by atoms with Gasteiger partial charge in [0.2, 0.25) is 0 Å². The van der Waals surface area contributed by atoms with Gasteiger partial charge in [-0.3, -0.25) is 0 Å². The zero-order chi connectivity index (χ0) is 12.7. The third kappa shape index (κ3) is 1.95. The summed E-state index contributed by atoms with van der Waals surface area (Å²) in [4.78, 5) is 4.73. The van der Waals surface area contributed by atoms with Crippen molar-refractivity contribution < 1.29 is 0 Å². The van der Waals surface area contributed by atoms with Crippen LogP contribution in [0.2, 0.25) is 0 Å². The Kier molecular flexibility index (Phi) is 2.60. The molecule has 3 heteroatoms. The predicted molar refractivity (Wildman–Crippen MR) is 80.5 cm³/mol. The first-order valence-electron chi connectivity index (χ1n) is 6.59. The van der Waals surface area contributed by atoms with Crippen LogP contribution < -0.4 is 5.32 Å². The molecule has 2 nitrogen and oxygen atoms in total. The van der Waals surface area contributed by atoms with E-state index in [-0.39, 0.29) is 0 Å². The summed E-state index contributed by atoms with van der Waals surface area (Å²) in [6, 6.07) is 15.1. The zero-order valence-electron chi connectivity index (χ0n) is 10.5. The molecule has 0 saturated carbocycles. The molecule has 1 aliphatic heterocycles. The van der Waals surface area contributed by atoms with Crippen LogP contribution in [-0.2, 0) is 13.0 Å². The van der Waals surface area contributed by atoms with Crippen molar-refractivity contribution in [2.24, 2.45) is 0 Å². The number of nitrogens with zero attached hydrogens (tertiary/aromatic N) is 1. The van der Waals surface area contributed by atoms with E-state index < -0.39 is 0 Å². The molecule has 0 amide bonds. The summed E-state index contributed by atoms with van der Waals surface area (Å²) < 4.78 is 1.26. The molecule has 19 heavy (non-hydrogen) atoms. The highest BCUT2D eigenvalue weighted by molar-refractivity contribution is 7.21. The molecule has 1 aromatic heterocycles. The molecule has 2 heterocycles. The number of hydrogen-bond donors (Lipinski definition) is 1. The highest BCUT2D eigenvalue weighted by Crippen LogP contribution is 2.31. The van der Waals surface area contributed by atoms with Crippen LogP contribution in [0.4, 0.5) is 0 Å². The van der Waals surface area contributed by atoms with E-state index in [1.165, 1.54) is 21.4 Å². The van der Waals surface area contributed by atoms with E-state index in [4.69, 9.17) is 4.98 Å². The third-order valence-corrected chi connectivity index (χ3v) is 4.72. The molecule has 4 rings (SSSR count). The molecular weight excluding hydrogens is 252 g/mol. The van der Waals surface area contributed by atoms with Crippen LogP contribution in [0, 0.1) is 0 Å². The molecule has 0 radical (unpaired) electrons. The predicted octanol–water partition coefficient (Wildman–Crippen LogP) is 3.61. The van der Waals surface area contributed by atoms with Gasteiger partial charge in [0.05, 0.1) is 10.2 Å². The van der Waals surface area contributed by atoms with Crippen molar-refractivity contribution >= 4 is 21.6 Å². The molecule has 0 fully saturated rings. The molecule has 1 N–H and O–H groups in total. The lowest BCUT2D eigenvalue weighted by molar-refractivity contribution is 0.644. The molecular formula is C16H14N2S. The van der Waals surface area contributed by atoms with Crippen molar-refractivity contribution in [3.8, 4) is 10.6 Å². The molecule has 0 saturated heterocycles. The zero-order valence-corrected chi connectivity index (χ0v) is 11.3. The fourth-order valence-electron chi connectivity index (χ4n) is 2.61. The van der Waals surface area contributed by atoms with Crippen LogP contribution >= 0.6 is 11.3 Å². The second-order valence-corrected chi connectivity index (χ2v) is 5.93. The SMILES string of the molecule is c1ccc2sc(-c3ccc4c(c3)CNCC4)nc2c1. The summed E-state index contributed by atoms with van der Waals surface area (Å²) in [6.07, 6.45) is 1.13. The van der Waals surface area contributed by atoms with Gasteiger partial charge in [-0.1, -0.05) is 24.3 Å². The van der Waals surface area contributed by atoms with Gasteiger partial charge in [0, 0.05) is 12.1 Å². The molecule has 3 aromatic rings. The minimum Gasteiger partial charge on any atom is -0.312 e. The number of para-hydroxylation sites is 1. The van der Waals surface area contributed by atoms with Crippen molar-refractivity contribution in [3.63, 3.8) is 0 Å². The number of thiazole rings is 1. The van der Waals surface area contributed by atoms with E-state index in [1.807, 2.05) is 6.07 Å². The van der Waals surface area contributed by atoms with Crippen LogP contribution in [0.5, 0.6) is 0 Å². The molecule has 0 spiro atoms. The molecule has 0 bridgehead atoms. The fraction of sp³-hybridized carbons (Fsp3) is 0.188. The summed E-state index contributed by atoms with van der Waals surface area (Å²) in [5, 5.41) is 4.55. The molecule has 1 aliphatic rings. The van der Waals surface area contributed by atoms with E-state index in [1.54, 1.807) is 11.3 Å². The third-order valence-electron chi connectivity index (χ3n) is 3.63. The smallest absolute Gasteiger partial charge is 0.124 e. The Labute approximate surface area is 116 Å². The van der Waals surface area contributed by atoms with Gasteiger partial charge < -0.3 is 5.32 Å². The van der Waals surface area contributed by atoms with Gasteiger partial charge in [0.15, 0.2) is 0 Å². The average molecular weight is 266 g/mol. The van der Waals surface area contributed by atoms with Gasteiger partial charge in [-0.2, -0.15) is 0 Å². The minimum absolute atomic E-state index is 0.980. The maximum Gasteiger partial charge on any atom is 0.124 e. The van der Waals surface area contributed by atoms with Crippen molar-refractivity contribution in [1.82, 2.24) is 10.3 Å². The molecule has 94 valence electrons. The summed E-state index contributed by atoms with van der Waals surface area (Å²) in [5.74, 6) is 0. The van der Waals surface area contributed by atoms with Crippen molar-refractivity contribution in [1.29, 1.82) is 0 Å². The number of hydrogen-bond acceptors (Lipinski definition) is 3. The van der Waals surface area contributed by atoms with Gasteiger partial charge in [0.1, 0.15) is 5.01 Å². The minimum atomic E-state index is 0.980. The normalized spacial score (nSPS) is 14.5. The lowest BCUT2D eigenvalue weighted by atomic mass is 9.99. The molecule has 0 atom stereocenters. The Morgan fingerprint density at radius 3 is 2.95 bits per heavy atom. The highest BCUT2D eigenvalue weighted by Gasteiger charge is 2.11. The van der Waals surface area contributed by atoms with E-state index in [9.17, 15) is 0 Å². The lowest BCUT2D eigenvalue weighted by Gasteiger charge is -2.17. The number of rotatable bonds is 1. The number of benzene rings is 2. The Bertz CT molecular complexity index is 712. The van der Waals surface area contributed by atoms with E-state index in [0.717, 1.165) is 30.0 Å². The molecule has 0 unspecified atom stereocenters. The lowest BCUT2D eigenvalue weighted by Crippen LogP contribution is -2.23. The number of aromatic nitrogens is 1. The van der Waals surface area contributed by atoms with Crippen molar-refractivity contribution in [2.75, 3.05) is 6.54 Å². The number of fused-ring (bicyclic) bond motifs is 2. The van der Waals surface area contributed by atoms with Crippen LogP contribution in [0.15, 0.2) is 42.5 Å². The van der Waals surface area contributed by atoms with E-state index >= 15 is 0 Å². The second-order valence-electron chi connectivity index (χ2n) is 4.90. The average Bonchev–Trinajstić information content (AvgIpc) is 2.90. The van der Waals surface area contributed by atoms with Gasteiger partial charge in [0.25, 0.3) is 0 Å². The van der Waals surface area contributed by atoms with Crippen LogP contribution in [0.1, 0.15) is 11.1 Å². The summed E-state index contributed by atoms with van der Waals surface area (Å²) in [6.45, 7) is 2.07. The van der Waals surface area contributed by atoms with Gasteiger partial charge in [-0.15, -0.1) is 11.3 Å². The summed E-state index contributed by atoms with van der Waals surface area (Å²) >= 11 is 1.77. The standard InChI is InChI=1S/C16H14N2S/c1-2-4-15-14(3-1)18-16(19-15)12-6-5-11-7-8-17-10-13(11)9-12/h1-6,9,17H,7-8,10H2. The Morgan fingerprint density at radius 1 is 1.05 bits per heavy atom. The molecule has 2 aromatic carbocycles. The quantitative estimate of drug-likeness (QED) is 0.728. The van der Waals surface area contributed by atoms with E-state index in [0.29, 0.717) is 0 Å². The van der Waals surface area contributed by atoms with Crippen LogP contribution in [0.3, 0.4) is 0 Å². The number of nitrogens with one attached hydrogen (secondary N) is 1. The first-order valence-corrected chi connectivity index (χ1v) is 7.40. The fourth-order valence-corrected chi connectivity index (χ4v) is 3.57. The first-order chi connectivity index (χ1) is 9.40. The Morgan fingerprint density at radius 2 is 2.00 bits per heavy atom. The van der Waals surface area contributed by atoms with Gasteiger partial charge in [-0.25, -0.2) is 4.98 Å². The van der Waals surface area contributed by atoms with Crippen molar-refractivity contribution in [3.05, 3.63) is 53.6 Å². The monoisotopic (exact) mass is 266 g/mol. The first kappa shape index (κ1) is 11.1. The maximum absolute atomic E-state index is 4.73. The van der Waals surface area contributed by atoms with Gasteiger partial charge in [-0.05, 0) is 42.3 Å². The summed E-state index contributed by atoms with van der Waals surface area (Å²) in [5.41, 5.74) is 5.23. The van der Waals surface area contributed by atoms with Gasteiger partial charge >= 0.3 is 0 Å². The highest BCUT2D eigenvalue weighted by atomic mass is 32.1. The maximum atomic E-state index is 4.73. The van der Waals surface area contributed by atoms with Crippen LogP contribution in [-0.4, -0.2) is 11.5 Å². The topological polar surface area (TPSA) is 24.9 Å². The van der Waals surface area contributed by atoms with E-state index in [2.05, 4.69) is 41.7 Å². The largest absolute Gasteiger partial charge is 0.312 e.